The van der Waals surface area contributed by atoms with E-state index in [4.69, 9.17) is 14.5 Å². The van der Waals surface area contributed by atoms with Gasteiger partial charge in [0, 0.05) is 51.7 Å². The number of halogens is 1. The summed E-state index contributed by atoms with van der Waals surface area (Å²) < 4.78 is 13.0. The van der Waals surface area contributed by atoms with Gasteiger partial charge in [-0.2, -0.15) is 5.10 Å². The van der Waals surface area contributed by atoms with Gasteiger partial charge in [0.15, 0.2) is 5.96 Å². The summed E-state index contributed by atoms with van der Waals surface area (Å²) in [5.41, 5.74) is 2.37. The highest BCUT2D eigenvalue weighted by molar-refractivity contribution is 14.0. The number of hydrogen-bond acceptors (Lipinski definition) is 4. The van der Waals surface area contributed by atoms with Crippen LogP contribution in [0, 0.1) is 0 Å². The molecule has 2 heterocycles. The van der Waals surface area contributed by atoms with Crippen molar-refractivity contribution in [1.29, 1.82) is 0 Å². The second-order valence-corrected chi connectivity index (χ2v) is 7.61. The minimum absolute atomic E-state index is 0. The largest absolute Gasteiger partial charge is 0.385 e. The Labute approximate surface area is 203 Å². The van der Waals surface area contributed by atoms with Gasteiger partial charge < -0.3 is 19.7 Å². The Morgan fingerprint density at radius 1 is 1.16 bits per heavy atom. The van der Waals surface area contributed by atoms with Crippen molar-refractivity contribution in [3.05, 3.63) is 53.9 Å². The molecule has 0 unspecified atom stereocenters. The first-order valence-electron chi connectivity index (χ1n) is 11.0. The average molecular weight is 541 g/mol. The lowest BCUT2D eigenvalue weighted by molar-refractivity contribution is 0.00990. The molecular formula is C23H36IN5O2. The fourth-order valence-electron chi connectivity index (χ4n) is 3.62. The Morgan fingerprint density at radius 3 is 2.65 bits per heavy atom. The van der Waals surface area contributed by atoms with E-state index in [1.54, 1.807) is 7.11 Å². The van der Waals surface area contributed by atoms with Crippen LogP contribution < -0.4 is 5.32 Å². The number of ether oxygens (including phenoxy) is 2. The number of piperidine rings is 1. The summed E-state index contributed by atoms with van der Waals surface area (Å²) in [4.78, 5) is 7.20. The second kappa shape index (κ2) is 14.4. The maximum absolute atomic E-state index is 5.98. The SMILES string of the molecule is CCNC(=NCc1cnn(Cc2ccccc2)c1)N1CCC(OCCCOC)CC1.I. The summed E-state index contributed by atoms with van der Waals surface area (Å²) in [6, 6.07) is 10.4. The zero-order valence-electron chi connectivity index (χ0n) is 18.7. The second-order valence-electron chi connectivity index (χ2n) is 7.61. The highest BCUT2D eigenvalue weighted by Gasteiger charge is 2.21. The molecule has 3 rings (SSSR count). The lowest BCUT2D eigenvalue weighted by Crippen LogP contribution is -2.47. The van der Waals surface area contributed by atoms with Gasteiger partial charge in [0.25, 0.3) is 0 Å². The van der Waals surface area contributed by atoms with Crippen molar-refractivity contribution in [3.63, 3.8) is 0 Å². The minimum atomic E-state index is 0. The summed E-state index contributed by atoms with van der Waals surface area (Å²) in [6.07, 6.45) is 7.37. The third-order valence-corrected chi connectivity index (χ3v) is 5.21. The molecule has 2 aromatic rings. The number of nitrogens with zero attached hydrogens (tertiary/aromatic N) is 4. The van der Waals surface area contributed by atoms with Gasteiger partial charge in [0.05, 0.1) is 25.4 Å². The van der Waals surface area contributed by atoms with Crippen LogP contribution in [-0.4, -0.2) is 66.7 Å². The smallest absolute Gasteiger partial charge is 0.194 e. The first-order chi connectivity index (χ1) is 14.8. The fraction of sp³-hybridized carbons (Fsp3) is 0.565. The molecule has 1 fully saturated rings. The van der Waals surface area contributed by atoms with Crippen molar-refractivity contribution < 1.29 is 9.47 Å². The molecule has 1 aliphatic rings. The Morgan fingerprint density at radius 2 is 1.94 bits per heavy atom. The summed E-state index contributed by atoms with van der Waals surface area (Å²) in [6.45, 7) is 7.85. The normalized spacial score (nSPS) is 15.0. The van der Waals surface area contributed by atoms with Crippen molar-refractivity contribution >= 4 is 29.9 Å². The van der Waals surface area contributed by atoms with E-state index in [2.05, 4.69) is 52.7 Å². The summed E-state index contributed by atoms with van der Waals surface area (Å²) >= 11 is 0. The van der Waals surface area contributed by atoms with E-state index in [-0.39, 0.29) is 24.0 Å². The maximum atomic E-state index is 5.98. The van der Waals surface area contributed by atoms with E-state index >= 15 is 0 Å². The number of aliphatic imine (C=N–C) groups is 1. The molecule has 0 radical (unpaired) electrons. The van der Waals surface area contributed by atoms with Crippen LogP contribution in [0.25, 0.3) is 0 Å². The monoisotopic (exact) mass is 541 g/mol. The van der Waals surface area contributed by atoms with E-state index < -0.39 is 0 Å². The van der Waals surface area contributed by atoms with Crippen LogP contribution in [0.3, 0.4) is 0 Å². The van der Waals surface area contributed by atoms with Gasteiger partial charge in [-0.3, -0.25) is 4.68 Å². The predicted molar refractivity (Wildman–Crippen MR) is 135 cm³/mol. The van der Waals surface area contributed by atoms with E-state index in [0.29, 0.717) is 12.6 Å². The molecule has 0 amide bonds. The van der Waals surface area contributed by atoms with Crippen molar-refractivity contribution in [1.82, 2.24) is 20.0 Å². The van der Waals surface area contributed by atoms with Crippen LogP contribution in [0.4, 0.5) is 0 Å². The molecule has 172 valence electrons. The molecule has 0 bridgehead atoms. The molecule has 0 aliphatic carbocycles. The third-order valence-electron chi connectivity index (χ3n) is 5.21. The number of rotatable bonds is 10. The van der Waals surface area contributed by atoms with Gasteiger partial charge in [-0.05, 0) is 31.7 Å². The van der Waals surface area contributed by atoms with E-state index in [0.717, 1.165) is 70.2 Å². The topological polar surface area (TPSA) is 63.9 Å². The van der Waals surface area contributed by atoms with Gasteiger partial charge in [-0.15, -0.1) is 24.0 Å². The van der Waals surface area contributed by atoms with Crippen molar-refractivity contribution in [2.75, 3.05) is 40.0 Å². The molecule has 7 nitrogen and oxygen atoms in total. The predicted octanol–water partition coefficient (Wildman–Crippen LogP) is 3.53. The summed E-state index contributed by atoms with van der Waals surface area (Å²) in [5.74, 6) is 0.978. The molecule has 1 aromatic carbocycles. The molecule has 8 heteroatoms. The fourth-order valence-corrected chi connectivity index (χ4v) is 3.62. The van der Waals surface area contributed by atoms with Crippen molar-refractivity contribution in [2.24, 2.45) is 4.99 Å². The standard InChI is InChI=1S/C23H35N5O2.HI/c1-3-24-23(27-12-10-22(11-13-27)30-15-7-14-29-2)25-16-21-17-26-28(19-21)18-20-8-5-4-6-9-20;/h4-6,8-9,17,19,22H,3,7,10-16,18H2,1-2H3,(H,24,25);1H. The molecule has 0 spiro atoms. The highest BCUT2D eigenvalue weighted by Crippen LogP contribution is 2.15. The number of hydrogen-bond donors (Lipinski definition) is 1. The van der Waals surface area contributed by atoms with Gasteiger partial charge in [-0.25, -0.2) is 4.99 Å². The Hall–Kier alpha value is -1.65. The van der Waals surface area contributed by atoms with E-state index in [1.807, 2.05) is 16.9 Å². The quantitative estimate of drug-likeness (QED) is 0.216. The van der Waals surface area contributed by atoms with Gasteiger partial charge in [-0.1, -0.05) is 30.3 Å². The number of nitrogens with one attached hydrogen (secondary N) is 1. The Bertz CT molecular complexity index is 760. The Kier molecular flexibility index (Phi) is 11.9. The van der Waals surface area contributed by atoms with Crippen LogP contribution in [0.2, 0.25) is 0 Å². The highest BCUT2D eigenvalue weighted by atomic mass is 127. The lowest BCUT2D eigenvalue weighted by atomic mass is 10.1. The number of methoxy groups -OCH3 is 1. The lowest BCUT2D eigenvalue weighted by Gasteiger charge is -2.34. The van der Waals surface area contributed by atoms with E-state index in [1.165, 1.54) is 5.56 Å². The first-order valence-corrected chi connectivity index (χ1v) is 11.0. The van der Waals surface area contributed by atoms with Crippen LogP contribution in [-0.2, 0) is 22.6 Å². The maximum Gasteiger partial charge on any atom is 0.194 e. The first kappa shape index (κ1) is 25.6. The Balaban J connectivity index is 0.00000341. The summed E-state index contributed by atoms with van der Waals surface area (Å²) in [5, 5.41) is 7.92. The van der Waals surface area contributed by atoms with Gasteiger partial charge >= 0.3 is 0 Å². The van der Waals surface area contributed by atoms with Crippen LogP contribution in [0.1, 0.15) is 37.3 Å². The zero-order valence-corrected chi connectivity index (χ0v) is 21.0. The average Bonchev–Trinajstić information content (AvgIpc) is 3.23. The van der Waals surface area contributed by atoms with Crippen LogP contribution in [0.15, 0.2) is 47.7 Å². The number of likely N-dealkylation sites (tertiary alicyclic amines) is 1. The number of aromatic nitrogens is 2. The van der Waals surface area contributed by atoms with Crippen LogP contribution in [0.5, 0.6) is 0 Å². The summed E-state index contributed by atoms with van der Waals surface area (Å²) in [7, 11) is 1.73. The number of guanidine groups is 1. The molecule has 1 saturated heterocycles. The zero-order chi connectivity index (χ0) is 21.0. The van der Waals surface area contributed by atoms with E-state index in [9.17, 15) is 0 Å². The molecule has 31 heavy (non-hydrogen) atoms. The third kappa shape index (κ3) is 8.78. The van der Waals surface area contributed by atoms with Crippen LogP contribution >= 0.6 is 24.0 Å². The van der Waals surface area contributed by atoms with Gasteiger partial charge in [0.1, 0.15) is 0 Å². The van der Waals surface area contributed by atoms with Crippen molar-refractivity contribution in [2.45, 2.75) is 45.4 Å². The molecular weight excluding hydrogens is 505 g/mol. The molecule has 0 saturated carbocycles. The molecule has 1 N–H and O–H groups in total. The molecule has 0 atom stereocenters. The molecule has 1 aromatic heterocycles. The van der Waals surface area contributed by atoms with Gasteiger partial charge in [0.2, 0.25) is 0 Å². The number of benzene rings is 1. The minimum Gasteiger partial charge on any atom is -0.385 e. The van der Waals surface area contributed by atoms with Crippen molar-refractivity contribution in [3.8, 4) is 0 Å². The molecule has 1 aliphatic heterocycles.